The number of nitrogens with one attached hydrogen (secondary N) is 2. The lowest BCUT2D eigenvalue weighted by Crippen LogP contribution is -2.54. The van der Waals surface area contributed by atoms with E-state index in [9.17, 15) is 8.78 Å². The molecule has 3 aliphatic rings. The molecule has 180 valence electrons. The summed E-state index contributed by atoms with van der Waals surface area (Å²) in [4.78, 5) is 8.85. The van der Waals surface area contributed by atoms with Gasteiger partial charge in [-0.2, -0.15) is 0 Å². The van der Waals surface area contributed by atoms with Crippen molar-refractivity contribution < 1.29 is 18.3 Å². The van der Waals surface area contributed by atoms with E-state index in [1.54, 1.807) is 7.05 Å². The third-order valence-corrected chi connectivity index (χ3v) is 6.51. The molecule has 0 saturated carbocycles. The maximum Gasteiger partial charge on any atom is 0.191 e. The van der Waals surface area contributed by atoms with Gasteiger partial charge in [-0.3, -0.25) is 9.89 Å². The predicted molar refractivity (Wildman–Crippen MR) is 132 cm³/mol. The van der Waals surface area contributed by atoms with Crippen LogP contribution in [0.4, 0.5) is 14.5 Å². The van der Waals surface area contributed by atoms with Crippen LogP contribution in [-0.4, -0.2) is 89.1 Å². The first-order chi connectivity index (χ1) is 15.1. The molecule has 0 aromatic heterocycles. The molecule has 3 fully saturated rings. The molecule has 3 unspecified atom stereocenters. The maximum atomic E-state index is 14.1. The van der Waals surface area contributed by atoms with Crippen LogP contribution in [0.5, 0.6) is 0 Å². The number of ether oxygens (including phenoxy) is 2. The summed E-state index contributed by atoms with van der Waals surface area (Å²) in [5.74, 6) is 0.188. The molecular formula is C22H34F2IN5O2. The van der Waals surface area contributed by atoms with E-state index in [-0.39, 0.29) is 30.0 Å². The van der Waals surface area contributed by atoms with Gasteiger partial charge in [0, 0.05) is 70.4 Å². The molecule has 1 aromatic carbocycles. The zero-order valence-corrected chi connectivity index (χ0v) is 20.9. The Morgan fingerprint density at radius 3 is 2.66 bits per heavy atom. The van der Waals surface area contributed by atoms with Crippen molar-refractivity contribution >= 4 is 35.6 Å². The van der Waals surface area contributed by atoms with Gasteiger partial charge in [0.25, 0.3) is 0 Å². The fourth-order valence-corrected chi connectivity index (χ4v) is 4.78. The van der Waals surface area contributed by atoms with Crippen LogP contribution in [0.2, 0.25) is 0 Å². The lowest BCUT2D eigenvalue weighted by Gasteiger charge is -2.37. The fraction of sp³-hybridized carbons (Fsp3) is 0.682. The second kappa shape index (κ2) is 12.3. The quantitative estimate of drug-likeness (QED) is 0.313. The topological polar surface area (TPSA) is 61.4 Å². The molecule has 10 heteroatoms. The summed E-state index contributed by atoms with van der Waals surface area (Å²) in [6.07, 6.45) is 1.94. The molecule has 3 saturated heterocycles. The maximum absolute atomic E-state index is 14.1. The van der Waals surface area contributed by atoms with Crippen molar-refractivity contribution in [2.75, 3.05) is 71.1 Å². The number of aliphatic imine (C=N–C) groups is 1. The number of rotatable bonds is 6. The Hall–Kier alpha value is -1.24. The second-order valence-corrected chi connectivity index (χ2v) is 8.46. The van der Waals surface area contributed by atoms with Crippen LogP contribution in [0.3, 0.4) is 0 Å². The van der Waals surface area contributed by atoms with E-state index >= 15 is 0 Å². The number of hydrogen-bond donors (Lipinski definition) is 2. The van der Waals surface area contributed by atoms with Gasteiger partial charge < -0.3 is 25.0 Å². The average molecular weight is 565 g/mol. The number of morpholine rings is 1. The van der Waals surface area contributed by atoms with Gasteiger partial charge >= 0.3 is 0 Å². The molecule has 0 bridgehead atoms. The normalized spacial score (nSPS) is 25.5. The number of guanidine groups is 1. The molecule has 7 nitrogen and oxygen atoms in total. The zero-order valence-electron chi connectivity index (χ0n) is 18.6. The highest BCUT2D eigenvalue weighted by Gasteiger charge is 2.32. The molecule has 2 N–H and O–H groups in total. The molecule has 3 aliphatic heterocycles. The molecule has 0 radical (unpaired) electrons. The van der Waals surface area contributed by atoms with Gasteiger partial charge in [-0.15, -0.1) is 24.0 Å². The van der Waals surface area contributed by atoms with Crippen molar-refractivity contribution in [3.63, 3.8) is 0 Å². The van der Waals surface area contributed by atoms with E-state index in [1.807, 2.05) is 4.90 Å². The average Bonchev–Trinajstić information content (AvgIpc) is 3.46. The largest absolute Gasteiger partial charge is 0.381 e. The standard InChI is InChI=1S/C22H33F2N5O2.HI/c1-25-22(26-13-21(16-5-9-31-15-16)28-7-10-30-11-8-28)27-18-4-6-29(14-18)20-3-2-17(23)12-19(20)24;/h2-3,12,16,18,21H,4-11,13-15H2,1H3,(H2,25,26,27);1H. The van der Waals surface area contributed by atoms with E-state index in [2.05, 4.69) is 20.5 Å². The summed E-state index contributed by atoms with van der Waals surface area (Å²) in [5, 5.41) is 6.97. The Labute approximate surface area is 205 Å². The highest BCUT2D eigenvalue weighted by molar-refractivity contribution is 14.0. The minimum atomic E-state index is -0.554. The molecule has 0 spiro atoms. The van der Waals surface area contributed by atoms with E-state index < -0.39 is 11.6 Å². The Morgan fingerprint density at radius 1 is 1.16 bits per heavy atom. The molecular weight excluding hydrogens is 531 g/mol. The number of halogens is 3. The molecule has 0 aliphatic carbocycles. The minimum absolute atomic E-state index is 0. The zero-order chi connectivity index (χ0) is 21.6. The first kappa shape index (κ1) is 25.4. The number of anilines is 1. The number of nitrogens with zero attached hydrogens (tertiary/aromatic N) is 3. The van der Waals surface area contributed by atoms with Crippen LogP contribution in [0, 0.1) is 17.6 Å². The van der Waals surface area contributed by atoms with E-state index in [0.29, 0.717) is 30.7 Å². The monoisotopic (exact) mass is 565 g/mol. The summed E-state index contributed by atoms with van der Waals surface area (Å²) in [7, 11) is 1.77. The van der Waals surface area contributed by atoms with Crippen LogP contribution in [0.25, 0.3) is 0 Å². The summed E-state index contributed by atoms with van der Waals surface area (Å²) in [6.45, 7) is 7.21. The molecule has 3 atom stereocenters. The van der Waals surface area contributed by atoms with Crippen molar-refractivity contribution in [1.82, 2.24) is 15.5 Å². The van der Waals surface area contributed by atoms with Crippen LogP contribution >= 0.6 is 24.0 Å². The minimum Gasteiger partial charge on any atom is -0.381 e. The van der Waals surface area contributed by atoms with Crippen LogP contribution in [0.1, 0.15) is 12.8 Å². The third-order valence-electron chi connectivity index (χ3n) is 6.51. The second-order valence-electron chi connectivity index (χ2n) is 8.46. The summed E-state index contributed by atoms with van der Waals surface area (Å²) in [5.41, 5.74) is 0.447. The van der Waals surface area contributed by atoms with Crippen LogP contribution < -0.4 is 15.5 Å². The summed E-state index contributed by atoms with van der Waals surface area (Å²) >= 11 is 0. The van der Waals surface area contributed by atoms with E-state index in [4.69, 9.17) is 9.47 Å². The van der Waals surface area contributed by atoms with Crippen LogP contribution in [0.15, 0.2) is 23.2 Å². The van der Waals surface area contributed by atoms with Crippen molar-refractivity contribution in [2.24, 2.45) is 10.9 Å². The number of benzene rings is 1. The summed E-state index contributed by atoms with van der Waals surface area (Å²) in [6, 6.07) is 4.27. The number of hydrogen-bond acceptors (Lipinski definition) is 5. The Bertz CT molecular complexity index is 760. The van der Waals surface area contributed by atoms with Gasteiger partial charge in [-0.25, -0.2) is 8.78 Å². The first-order valence-corrected chi connectivity index (χ1v) is 11.2. The highest BCUT2D eigenvalue weighted by atomic mass is 127. The van der Waals surface area contributed by atoms with Crippen molar-refractivity contribution in [2.45, 2.75) is 24.9 Å². The van der Waals surface area contributed by atoms with Gasteiger partial charge in [0.1, 0.15) is 11.6 Å². The third kappa shape index (κ3) is 6.42. The van der Waals surface area contributed by atoms with E-state index in [1.165, 1.54) is 12.1 Å². The highest BCUT2D eigenvalue weighted by Crippen LogP contribution is 2.25. The van der Waals surface area contributed by atoms with Crippen molar-refractivity contribution in [1.29, 1.82) is 0 Å². The van der Waals surface area contributed by atoms with Gasteiger partial charge in [0.2, 0.25) is 0 Å². The van der Waals surface area contributed by atoms with Gasteiger partial charge in [0.05, 0.1) is 25.5 Å². The van der Waals surface area contributed by atoms with Gasteiger partial charge in [-0.05, 0) is 25.0 Å². The van der Waals surface area contributed by atoms with Crippen molar-refractivity contribution in [3.8, 4) is 0 Å². The molecule has 0 amide bonds. The summed E-state index contributed by atoms with van der Waals surface area (Å²) < 4.78 is 38.5. The molecule has 32 heavy (non-hydrogen) atoms. The molecule has 4 rings (SSSR count). The SMILES string of the molecule is CN=C(NCC(C1CCOC1)N1CCOCC1)NC1CCN(c2ccc(F)cc2F)C1.I. The fourth-order valence-electron chi connectivity index (χ4n) is 4.78. The smallest absolute Gasteiger partial charge is 0.191 e. The Morgan fingerprint density at radius 2 is 1.97 bits per heavy atom. The Balaban J connectivity index is 0.00000289. The van der Waals surface area contributed by atoms with Crippen molar-refractivity contribution in [3.05, 3.63) is 29.8 Å². The lowest BCUT2D eigenvalue weighted by atomic mass is 9.97. The molecule has 1 aromatic rings. The molecule has 3 heterocycles. The lowest BCUT2D eigenvalue weighted by molar-refractivity contribution is 0.00246. The predicted octanol–water partition coefficient (Wildman–Crippen LogP) is 2.06. The first-order valence-electron chi connectivity index (χ1n) is 11.2. The van der Waals surface area contributed by atoms with Crippen LogP contribution in [-0.2, 0) is 9.47 Å². The van der Waals surface area contributed by atoms with Gasteiger partial charge in [-0.1, -0.05) is 0 Å². The van der Waals surface area contributed by atoms with Gasteiger partial charge in [0.15, 0.2) is 5.96 Å². The van der Waals surface area contributed by atoms with E-state index in [0.717, 1.165) is 70.9 Å². The Kier molecular flexibility index (Phi) is 9.75.